The lowest BCUT2D eigenvalue weighted by atomic mass is 9.90. The Morgan fingerprint density at radius 1 is 1.00 bits per heavy atom. The number of benzene rings is 3. The molecular formula is C20H13NO5. The molecule has 0 atom stereocenters. The average Bonchev–Trinajstić information content (AvgIpc) is 2.63. The molecule has 128 valence electrons. The lowest BCUT2D eigenvalue weighted by Crippen LogP contribution is -2.03. The molecular weight excluding hydrogens is 334 g/mol. The van der Waals surface area contributed by atoms with Gasteiger partial charge in [0.2, 0.25) is 0 Å². The molecule has 2 aromatic carbocycles. The molecule has 4 rings (SSSR count). The van der Waals surface area contributed by atoms with Gasteiger partial charge < -0.3 is 20.4 Å². The number of aromatic carboxylic acids is 1. The zero-order valence-corrected chi connectivity index (χ0v) is 13.4. The number of carbonyl (C=O) groups is 1. The number of aromatic hydroxyl groups is 1. The summed E-state index contributed by atoms with van der Waals surface area (Å²) in [5.74, 6) is -0.969. The fourth-order valence-electron chi connectivity index (χ4n) is 3.12. The molecule has 0 aromatic heterocycles. The smallest absolute Gasteiger partial charge is 0.336 e. The van der Waals surface area contributed by atoms with Crippen LogP contribution in [0.25, 0.3) is 33.4 Å². The SMILES string of the molecule is Nc1c(O)ccc2c(-c3ccccc3C(=O)O)c3ccc(=O)cc-3oc12. The highest BCUT2D eigenvalue weighted by Crippen LogP contribution is 2.44. The van der Waals surface area contributed by atoms with Gasteiger partial charge in [-0.05, 0) is 35.9 Å². The fraction of sp³-hybridized carbons (Fsp3) is 0. The maximum absolute atomic E-state index is 11.8. The fourth-order valence-corrected chi connectivity index (χ4v) is 3.12. The number of hydrogen-bond acceptors (Lipinski definition) is 5. The van der Waals surface area contributed by atoms with Crippen molar-refractivity contribution in [3.05, 3.63) is 70.4 Å². The number of carboxylic acids is 1. The van der Waals surface area contributed by atoms with E-state index in [2.05, 4.69) is 0 Å². The Bertz CT molecular complexity index is 1210. The van der Waals surface area contributed by atoms with Crippen LogP contribution in [0.4, 0.5) is 5.69 Å². The second-order valence-corrected chi connectivity index (χ2v) is 5.86. The summed E-state index contributed by atoms with van der Waals surface area (Å²) in [6.07, 6.45) is 0. The average molecular weight is 347 g/mol. The number of fused-ring (bicyclic) bond motifs is 2. The maximum Gasteiger partial charge on any atom is 0.336 e. The first kappa shape index (κ1) is 15.7. The Hall–Kier alpha value is -3.80. The summed E-state index contributed by atoms with van der Waals surface area (Å²) in [4.78, 5) is 23.5. The van der Waals surface area contributed by atoms with Crippen molar-refractivity contribution in [1.29, 1.82) is 0 Å². The highest BCUT2D eigenvalue weighted by Gasteiger charge is 2.22. The first-order valence-electron chi connectivity index (χ1n) is 7.78. The van der Waals surface area contributed by atoms with E-state index in [1.54, 1.807) is 30.3 Å². The van der Waals surface area contributed by atoms with Gasteiger partial charge >= 0.3 is 5.97 Å². The zero-order chi connectivity index (χ0) is 18.4. The number of phenols is 1. The van der Waals surface area contributed by atoms with E-state index >= 15 is 0 Å². The third-order valence-electron chi connectivity index (χ3n) is 4.30. The van der Waals surface area contributed by atoms with E-state index in [0.29, 0.717) is 22.1 Å². The molecule has 6 heteroatoms. The Labute approximate surface area is 147 Å². The van der Waals surface area contributed by atoms with E-state index in [0.717, 1.165) is 0 Å². The number of nitrogens with two attached hydrogens (primary N) is 1. The van der Waals surface area contributed by atoms with Gasteiger partial charge in [-0.25, -0.2) is 4.79 Å². The van der Waals surface area contributed by atoms with E-state index in [1.807, 2.05) is 0 Å². The topological polar surface area (TPSA) is 114 Å². The standard InChI is InChI=1S/C20H13NO5/c21-18-15(23)8-7-14-17(11-3-1-2-4-12(11)20(24)25)13-6-5-10(22)9-16(13)26-19(14)18/h1-9,23H,21H2,(H,24,25). The van der Waals surface area contributed by atoms with Gasteiger partial charge in [-0.2, -0.15) is 0 Å². The van der Waals surface area contributed by atoms with Crippen molar-refractivity contribution in [2.24, 2.45) is 0 Å². The van der Waals surface area contributed by atoms with E-state index < -0.39 is 5.97 Å². The monoisotopic (exact) mass is 347 g/mol. The molecule has 1 aliphatic carbocycles. The van der Waals surface area contributed by atoms with Crippen LogP contribution in [-0.2, 0) is 0 Å². The third kappa shape index (κ3) is 2.28. The molecule has 0 unspecified atom stereocenters. The summed E-state index contributed by atoms with van der Waals surface area (Å²) in [6, 6.07) is 13.9. The highest BCUT2D eigenvalue weighted by atomic mass is 16.4. The number of phenolic OH excluding ortho intramolecular Hbond substituents is 1. The summed E-state index contributed by atoms with van der Waals surface area (Å²) in [5, 5.41) is 20.0. The maximum atomic E-state index is 11.8. The Balaban J connectivity index is 2.26. The molecule has 2 aliphatic rings. The third-order valence-corrected chi connectivity index (χ3v) is 4.30. The largest absolute Gasteiger partial charge is 0.506 e. The first-order chi connectivity index (χ1) is 12.5. The van der Waals surface area contributed by atoms with E-state index in [-0.39, 0.29) is 33.8 Å². The minimum atomic E-state index is -1.07. The molecule has 4 N–H and O–H groups in total. The minimum Gasteiger partial charge on any atom is -0.506 e. The van der Waals surface area contributed by atoms with Crippen molar-refractivity contribution < 1.29 is 19.4 Å². The Morgan fingerprint density at radius 3 is 2.54 bits per heavy atom. The van der Waals surface area contributed by atoms with Crippen molar-refractivity contribution in [3.63, 3.8) is 0 Å². The van der Waals surface area contributed by atoms with Crippen LogP contribution in [0.3, 0.4) is 0 Å². The molecule has 2 aromatic rings. The van der Waals surface area contributed by atoms with Crippen molar-refractivity contribution in [2.75, 3.05) is 5.73 Å². The number of carboxylic acid groups (broad SMARTS) is 1. The quantitative estimate of drug-likeness (QED) is 0.290. The molecule has 1 heterocycles. The minimum absolute atomic E-state index is 0.0229. The zero-order valence-electron chi connectivity index (χ0n) is 13.4. The van der Waals surface area contributed by atoms with Crippen LogP contribution >= 0.6 is 0 Å². The predicted octanol–water partition coefficient (Wildman–Crippen LogP) is 3.55. The van der Waals surface area contributed by atoms with Gasteiger partial charge in [0.25, 0.3) is 0 Å². The van der Waals surface area contributed by atoms with Gasteiger partial charge in [0, 0.05) is 22.6 Å². The van der Waals surface area contributed by atoms with Gasteiger partial charge in [-0.1, -0.05) is 18.2 Å². The second-order valence-electron chi connectivity index (χ2n) is 5.86. The molecule has 0 amide bonds. The lowest BCUT2D eigenvalue weighted by Gasteiger charge is -2.17. The van der Waals surface area contributed by atoms with Crippen molar-refractivity contribution in [3.8, 4) is 28.2 Å². The number of anilines is 1. The second kappa shape index (κ2) is 5.63. The van der Waals surface area contributed by atoms with Crippen LogP contribution in [0.15, 0.2) is 63.8 Å². The Morgan fingerprint density at radius 2 is 1.77 bits per heavy atom. The molecule has 1 aliphatic heterocycles. The number of hydrogen-bond donors (Lipinski definition) is 3. The molecule has 0 saturated heterocycles. The van der Waals surface area contributed by atoms with Gasteiger partial charge in [0.15, 0.2) is 11.0 Å². The van der Waals surface area contributed by atoms with Gasteiger partial charge in [-0.15, -0.1) is 0 Å². The van der Waals surface area contributed by atoms with Crippen LogP contribution in [0, 0.1) is 0 Å². The number of rotatable bonds is 2. The normalized spacial score (nSPS) is 11.1. The molecule has 6 nitrogen and oxygen atoms in total. The van der Waals surface area contributed by atoms with E-state index in [9.17, 15) is 19.8 Å². The van der Waals surface area contributed by atoms with Crippen LogP contribution in [-0.4, -0.2) is 16.2 Å². The predicted molar refractivity (Wildman–Crippen MR) is 97.6 cm³/mol. The van der Waals surface area contributed by atoms with Crippen molar-refractivity contribution in [1.82, 2.24) is 0 Å². The first-order valence-corrected chi connectivity index (χ1v) is 7.78. The summed E-state index contributed by atoms with van der Waals surface area (Å²) in [5.41, 5.74) is 7.65. The highest BCUT2D eigenvalue weighted by molar-refractivity contribution is 6.10. The summed E-state index contributed by atoms with van der Waals surface area (Å²) >= 11 is 0. The summed E-state index contributed by atoms with van der Waals surface area (Å²) < 4.78 is 5.77. The lowest BCUT2D eigenvalue weighted by molar-refractivity contribution is 0.0697. The Kier molecular flexibility index (Phi) is 3.40. The van der Waals surface area contributed by atoms with Crippen LogP contribution in [0.1, 0.15) is 10.4 Å². The van der Waals surface area contributed by atoms with E-state index in [4.69, 9.17) is 10.2 Å². The van der Waals surface area contributed by atoms with Gasteiger partial charge in [-0.3, -0.25) is 4.79 Å². The summed E-state index contributed by atoms with van der Waals surface area (Å²) in [6.45, 7) is 0. The molecule has 0 spiro atoms. The van der Waals surface area contributed by atoms with Gasteiger partial charge in [0.1, 0.15) is 17.2 Å². The number of nitrogen functional groups attached to an aromatic ring is 1. The molecule has 0 saturated carbocycles. The van der Waals surface area contributed by atoms with Crippen molar-refractivity contribution in [2.45, 2.75) is 0 Å². The molecule has 0 radical (unpaired) electrons. The molecule has 26 heavy (non-hydrogen) atoms. The molecule has 0 bridgehead atoms. The molecule has 0 fully saturated rings. The van der Waals surface area contributed by atoms with E-state index in [1.165, 1.54) is 24.3 Å². The summed E-state index contributed by atoms with van der Waals surface area (Å²) in [7, 11) is 0. The van der Waals surface area contributed by atoms with Crippen LogP contribution in [0.2, 0.25) is 0 Å². The van der Waals surface area contributed by atoms with Gasteiger partial charge in [0.05, 0.1) is 5.56 Å². The van der Waals surface area contributed by atoms with Crippen molar-refractivity contribution >= 4 is 22.6 Å². The van der Waals surface area contributed by atoms with Crippen LogP contribution < -0.4 is 11.2 Å². The van der Waals surface area contributed by atoms with Crippen LogP contribution in [0.5, 0.6) is 5.75 Å².